The van der Waals surface area contributed by atoms with Crippen LogP contribution in [-0.4, -0.2) is 67.2 Å². The van der Waals surface area contributed by atoms with E-state index in [1.165, 1.54) is 10.6 Å². The second-order valence-electron chi connectivity index (χ2n) is 6.90. The third-order valence-corrected chi connectivity index (χ3v) is 6.61. The molecule has 3 atom stereocenters. The minimum atomic E-state index is -3.07. The standard InChI is InChI=1S/C15H26N2O4S/c1-11(18)17-12-3-4-13(17)10-15(9-12)21-14-5-7-16(8-6-14)22(2,19)20/h12-15H,3-10H2,1-2H3/t12-,13+,15?. The van der Waals surface area contributed by atoms with Gasteiger partial charge in [0.05, 0.1) is 18.5 Å². The number of hydrogen-bond acceptors (Lipinski definition) is 4. The first-order valence-electron chi connectivity index (χ1n) is 8.24. The van der Waals surface area contributed by atoms with Gasteiger partial charge in [-0.2, -0.15) is 0 Å². The normalized spacial score (nSPS) is 34.1. The first kappa shape index (κ1) is 16.2. The van der Waals surface area contributed by atoms with Crippen molar-refractivity contribution in [2.75, 3.05) is 19.3 Å². The van der Waals surface area contributed by atoms with Crippen LogP contribution >= 0.6 is 0 Å². The van der Waals surface area contributed by atoms with Crippen LogP contribution < -0.4 is 0 Å². The molecule has 3 heterocycles. The zero-order chi connectivity index (χ0) is 15.9. The molecule has 3 saturated heterocycles. The summed E-state index contributed by atoms with van der Waals surface area (Å²) >= 11 is 0. The van der Waals surface area contributed by atoms with Crippen molar-refractivity contribution in [1.82, 2.24) is 9.21 Å². The van der Waals surface area contributed by atoms with Crippen LogP contribution in [-0.2, 0) is 19.6 Å². The lowest BCUT2D eigenvalue weighted by atomic mass is 9.98. The fourth-order valence-corrected chi connectivity index (χ4v) is 5.20. The summed E-state index contributed by atoms with van der Waals surface area (Å²) in [6.45, 7) is 2.78. The molecule has 3 aliphatic heterocycles. The van der Waals surface area contributed by atoms with Gasteiger partial charge in [-0.25, -0.2) is 12.7 Å². The lowest BCUT2D eigenvalue weighted by Crippen LogP contribution is -2.49. The maximum absolute atomic E-state index is 11.7. The molecule has 0 saturated carbocycles. The van der Waals surface area contributed by atoms with E-state index in [0.717, 1.165) is 38.5 Å². The third-order valence-electron chi connectivity index (χ3n) is 5.31. The highest BCUT2D eigenvalue weighted by atomic mass is 32.2. The van der Waals surface area contributed by atoms with Gasteiger partial charge in [0.1, 0.15) is 0 Å². The van der Waals surface area contributed by atoms with Crippen LogP contribution in [0.1, 0.15) is 45.4 Å². The highest BCUT2D eigenvalue weighted by molar-refractivity contribution is 7.88. The molecular formula is C15H26N2O4S. The maximum Gasteiger partial charge on any atom is 0.219 e. The molecule has 0 radical (unpaired) electrons. The van der Waals surface area contributed by atoms with Gasteiger partial charge in [-0.15, -0.1) is 0 Å². The second kappa shape index (κ2) is 6.09. The van der Waals surface area contributed by atoms with Gasteiger partial charge in [0.25, 0.3) is 0 Å². The van der Waals surface area contributed by atoms with E-state index < -0.39 is 10.0 Å². The van der Waals surface area contributed by atoms with Gasteiger partial charge in [-0.05, 0) is 38.5 Å². The van der Waals surface area contributed by atoms with Gasteiger partial charge >= 0.3 is 0 Å². The summed E-state index contributed by atoms with van der Waals surface area (Å²) in [5.74, 6) is 0.187. The Kier molecular flexibility index (Phi) is 4.49. The summed E-state index contributed by atoms with van der Waals surface area (Å²) in [4.78, 5) is 13.8. The Balaban J connectivity index is 1.51. The van der Waals surface area contributed by atoms with Crippen LogP contribution in [0.3, 0.4) is 0 Å². The van der Waals surface area contributed by atoms with E-state index in [2.05, 4.69) is 0 Å². The van der Waals surface area contributed by atoms with E-state index in [9.17, 15) is 13.2 Å². The van der Waals surface area contributed by atoms with E-state index in [1.807, 2.05) is 4.90 Å². The lowest BCUT2D eigenvalue weighted by Gasteiger charge is -2.40. The summed E-state index contributed by atoms with van der Waals surface area (Å²) in [5, 5.41) is 0. The molecule has 0 aromatic heterocycles. The van der Waals surface area contributed by atoms with Crippen molar-refractivity contribution < 1.29 is 17.9 Å². The molecule has 7 heteroatoms. The van der Waals surface area contributed by atoms with Crippen molar-refractivity contribution in [3.05, 3.63) is 0 Å². The number of amides is 1. The number of fused-ring (bicyclic) bond motifs is 2. The quantitative estimate of drug-likeness (QED) is 0.773. The monoisotopic (exact) mass is 330 g/mol. The smallest absolute Gasteiger partial charge is 0.219 e. The van der Waals surface area contributed by atoms with Crippen LogP contribution in [0, 0.1) is 0 Å². The van der Waals surface area contributed by atoms with Crippen molar-refractivity contribution >= 4 is 15.9 Å². The summed E-state index contributed by atoms with van der Waals surface area (Å²) in [7, 11) is -3.07. The van der Waals surface area contributed by atoms with Gasteiger partial charge in [0.15, 0.2) is 0 Å². The number of carbonyl (C=O) groups excluding carboxylic acids is 1. The molecule has 1 unspecified atom stereocenters. The molecule has 0 N–H and O–H groups in total. The van der Waals surface area contributed by atoms with Gasteiger partial charge in [-0.1, -0.05) is 0 Å². The molecule has 3 aliphatic rings. The number of piperidine rings is 2. The molecule has 3 fully saturated rings. The number of sulfonamides is 1. The summed E-state index contributed by atoms with van der Waals surface area (Å²) in [6, 6.07) is 0.690. The zero-order valence-corrected chi connectivity index (χ0v) is 14.2. The van der Waals surface area contributed by atoms with Crippen LogP contribution in [0.5, 0.6) is 0 Å². The van der Waals surface area contributed by atoms with Crippen molar-refractivity contribution in [1.29, 1.82) is 0 Å². The van der Waals surface area contributed by atoms with Crippen molar-refractivity contribution in [2.45, 2.75) is 69.7 Å². The Labute approximate surface area is 132 Å². The first-order valence-corrected chi connectivity index (χ1v) is 10.1. The second-order valence-corrected chi connectivity index (χ2v) is 8.88. The minimum Gasteiger partial charge on any atom is -0.375 e. The van der Waals surface area contributed by atoms with Crippen LogP contribution in [0.2, 0.25) is 0 Å². The lowest BCUT2D eigenvalue weighted by molar-refractivity contribution is -0.138. The van der Waals surface area contributed by atoms with E-state index >= 15 is 0 Å². The maximum atomic E-state index is 11.7. The third kappa shape index (κ3) is 3.31. The molecule has 1 amide bonds. The number of ether oxygens (including phenoxy) is 1. The Hall–Kier alpha value is -0.660. The molecule has 6 nitrogen and oxygen atoms in total. The minimum absolute atomic E-state index is 0.159. The molecule has 3 rings (SSSR count). The summed E-state index contributed by atoms with van der Waals surface area (Å²) in [6.07, 6.45) is 7.25. The molecule has 0 aromatic rings. The average Bonchev–Trinajstić information content (AvgIpc) is 2.71. The van der Waals surface area contributed by atoms with Crippen LogP contribution in [0.25, 0.3) is 0 Å². The van der Waals surface area contributed by atoms with Crippen molar-refractivity contribution in [3.63, 3.8) is 0 Å². The van der Waals surface area contributed by atoms with E-state index in [4.69, 9.17) is 4.74 Å². The Bertz CT molecular complexity index is 514. The predicted molar refractivity (Wildman–Crippen MR) is 82.9 cm³/mol. The molecular weight excluding hydrogens is 304 g/mol. The van der Waals surface area contributed by atoms with Crippen LogP contribution in [0.4, 0.5) is 0 Å². The predicted octanol–water partition coefficient (Wildman–Crippen LogP) is 0.969. The average molecular weight is 330 g/mol. The SMILES string of the molecule is CC(=O)N1[C@@H]2CC[C@H]1CC(OC1CCN(S(C)(=O)=O)CC1)C2. The number of hydrogen-bond donors (Lipinski definition) is 0. The van der Waals surface area contributed by atoms with Crippen molar-refractivity contribution in [3.8, 4) is 0 Å². The van der Waals surface area contributed by atoms with Gasteiger partial charge < -0.3 is 9.64 Å². The Morgan fingerprint density at radius 1 is 1.00 bits per heavy atom. The Morgan fingerprint density at radius 2 is 1.55 bits per heavy atom. The molecule has 0 aliphatic carbocycles. The van der Waals surface area contributed by atoms with Gasteiger partial charge in [-0.3, -0.25) is 4.79 Å². The number of carbonyl (C=O) groups is 1. The highest BCUT2D eigenvalue weighted by Crippen LogP contribution is 2.37. The summed E-state index contributed by atoms with van der Waals surface area (Å²) < 4.78 is 30.8. The highest BCUT2D eigenvalue weighted by Gasteiger charge is 2.43. The molecule has 0 aromatic carbocycles. The van der Waals surface area contributed by atoms with E-state index in [0.29, 0.717) is 25.2 Å². The number of nitrogens with zero attached hydrogens (tertiary/aromatic N) is 2. The fourth-order valence-electron chi connectivity index (χ4n) is 4.32. The Morgan fingerprint density at radius 3 is 2.00 bits per heavy atom. The summed E-state index contributed by atoms with van der Waals surface area (Å²) in [5.41, 5.74) is 0. The molecule has 0 spiro atoms. The first-order chi connectivity index (χ1) is 10.3. The van der Waals surface area contributed by atoms with Crippen molar-refractivity contribution in [2.24, 2.45) is 0 Å². The largest absolute Gasteiger partial charge is 0.375 e. The van der Waals surface area contributed by atoms with Gasteiger partial charge in [0.2, 0.25) is 15.9 Å². The van der Waals surface area contributed by atoms with Gasteiger partial charge in [0, 0.05) is 32.1 Å². The van der Waals surface area contributed by atoms with E-state index in [1.54, 1.807) is 6.92 Å². The number of rotatable bonds is 3. The zero-order valence-electron chi connectivity index (χ0n) is 13.4. The topological polar surface area (TPSA) is 66.9 Å². The van der Waals surface area contributed by atoms with Crippen LogP contribution in [0.15, 0.2) is 0 Å². The molecule has 22 heavy (non-hydrogen) atoms. The molecule has 2 bridgehead atoms. The van der Waals surface area contributed by atoms with E-state index in [-0.39, 0.29) is 18.1 Å². The molecule has 126 valence electrons. The fraction of sp³-hybridized carbons (Fsp3) is 0.933.